The van der Waals surface area contributed by atoms with Crippen LogP contribution in [-0.4, -0.2) is 7.05 Å². The maximum Gasteiger partial charge on any atom is 0.0426 e. The van der Waals surface area contributed by atoms with Crippen molar-refractivity contribution < 1.29 is 0 Å². The molecule has 0 radical (unpaired) electrons. The summed E-state index contributed by atoms with van der Waals surface area (Å²) >= 11 is 0. The molecule has 0 aromatic heterocycles. The Morgan fingerprint density at radius 2 is 1.70 bits per heavy atom. The molecule has 2 aromatic rings. The molecule has 20 heavy (non-hydrogen) atoms. The average Bonchev–Trinajstić information content (AvgIpc) is 2.94. The van der Waals surface area contributed by atoms with Crippen molar-refractivity contribution in [2.45, 2.75) is 39.7 Å². The Labute approximate surface area is 122 Å². The highest BCUT2D eigenvalue weighted by molar-refractivity contribution is 5.62. The van der Waals surface area contributed by atoms with E-state index >= 15 is 0 Å². The summed E-state index contributed by atoms with van der Waals surface area (Å²) in [7, 11) is 2.20. The molecule has 1 aliphatic carbocycles. The van der Waals surface area contributed by atoms with Crippen molar-refractivity contribution in [1.82, 2.24) is 0 Å². The molecule has 1 nitrogen and oxygen atoms in total. The highest BCUT2D eigenvalue weighted by Gasteiger charge is 2.19. The molecule has 0 unspecified atom stereocenters. The largest absolute Gasteiger partial charge is 0.370 e. The number of aryl methyl sites for hydroxylation is 1. The minimum absolute atomic E-state index is 0.972. The van der Waals surface area contributed by atoms with E-state index in [4.69, 9.17) is 0 Å². The molecule has 0 aliphatic heterocycles. The van der Waals surface area contributed by atoms with E-state index < -0.39 is 0 Å². The van der Waals surface area contributed by atoms with Gasteiger partial charge in [-0.1, -0.05) is 30.3 Å². The number of hydrogen-bond donors (Lipinski definition) is 0. The van der Waals surface area contributed by atoms with E-state index in [2.05, 4.69) is 62.2 Å². The molecule has 1 aliphatic rings. The van der Waals surface area contributed by atoms with E-state index in [1.54, 1.807) is 11.1 Å². The van der Waals surface area contributed by atoms with Gasteiger partial charge in [0.25, 0.3) is 0 Å². The first-order valence-corrected chi connectivity index (χ1v) is 7.54. The second-order valence-corrected chi connectivity index (χ2v) is 5.99. The molecule has 0 saturated carbocycles. The van der Waals surface area contributed by atoms with Crippen LogP contribution in [0.15, 0.2) is 36.4 Å². The summed E-state index contributed by atoms with van der Waals surface area (Å²) in [5.74, 6) is 0. The zero-order valence-electron chi connectivity index (χ0n) is 12.7. The van der Waals surface area contributed by atoms with Crippen molar-refractivity contribution in [2.75, 3.05) is 11.9 Å². The topological polar surface area (TPSA) is 3.24 Å². The third-order valence-corrected chi connectivity index (χ3v) is 4.56. The molecular weight excluding hydrogens is 242 g/mol. The smallest absolute Gasteiger partial charge is 0.0426 e. The second kappa shape index (κ2) is 5.32. The Balaban J connectivity index is 1.92. The fourth-order valence-corrected chi connectivity index (χ4v) is 3.49. The highest BCUT2D eigenvalue weighted by Crippen LogP contribution is 2.34. The first-order valence-electron chi connectivity index (χ1n) is 7.54. The molecule has 0 spiro atoms. The molecule has 104 valence electrons. The molecule has 0 heterocycles. The van der Waals surface area contributed by atoms with E-state index in [1.165, 1.54) is 41.6 Å². The van der Waals surface area contributed by atoms with Gasteiger partial charge in [0, 0.05) is 19.3 Å². The SMILES string of the molecule is Cc1cc(N(C)Cc2ccccc2)c(C)c2c1CCC2. The minimum Gasteiger partial charge on any atom is -0.370 e. The van der Waals surface area contributed by atoms with E-state index in [1.807, 2.05) is 0 Å². The van der Waals surface area contributed by atoms with Crippen LogP contribution in [0.2, 0.25) is 0 Å². The van der Waals surface area contributed by atoms with Crippen LogP contribution in [0, 0.1) is 13.8 Å². The lowest BCUT2D eigenvalue weighted by Gasteiger charge is -2.24. The maximum atomic E-state index is 2.39. The van der Waals surface area contributed by atoms with Crippen LogP contribution in [0.1, 0.15) is 34.2 Å². The quantitative estimate of drug-likeness (QED) is 0.793. The van der Waals surface area contributed by atoms with Gasteiger partial charge in [-0.2, -0.15) is 0 Å². The van der Waals surface area contributed by atoms with Crippen molar-refractivity contribution in [3.8, 4) is 0 Å². The summed E-state index contributed by atoms with van der Waals surface area (Å²) in [6, 6.07) is 13.1. The summed E-state index contributed by atoms with van der Waals surface area (Å²) in [6.07, 6.45) is 3.85. The van der Waals surface area contributed by atoms with E-state index in [9.17, 15) is 0 Å². The number of benzene rings is 2. The Hall–Kier alpha value is -1.76. The monoisotopic (exact) mass is 265 g/mol. The van der Waals surface area contributed by atoms with Crippen molar-refractivity contribution >= 4 is 5.69 Å². The predicted molar refractivity (Wildman–Crippen MR) is 86.5 cm³/mol. The number of nitrogens with zero attached hydrogens (tertiary/aromatic N) is 1. The Bertz CT molecular complexity index is 613. The van der Waals surface area contributed by atoms with Crippen LogP contribution in [0.3, 0.4) is 0 Å². The summed E-state index contributed by atoms with van der Waals surface area (Å²) in [6.45, 7) is 5.53. The van der Waals surface area contributed by atoms with Gasteiger partial charge >= 0.3 is 0 Å². The lowest BCUT2D eigenvalue weighted by molar-refractivity contribution is 0.901. The number of rotatable bonds is 3. The molecule has 0 fully saturated rings. The number of anilines is 1. The lowest BCUT2D eigenvalue weighted by Crippen LogP contribution is -2.18. The van der Waals surface area contributed by atoms with Gasteiger partial charge in [0.15, 0.2) is 0 Å². The van der Waals surface area contributed by atoms with Gasteiger partial charge < -0.3 is 4.90 Å². The fourth-order valence-electron chi connectivity index (χ4n) is 3.49. The Morgan fingerprint density at radius 3 is 2.45 bits per heavy atom. The van der Waals surface area contributed by atoms with Crippen molar-refractivity contribution in [3.63, 3.8) is 0 Å². The third kappa shape index (κ3) is 2.33. The zero-order valence-corrected chi connectivity index (χ0v) is 12.7. The molecule has 0 saturated heterocycles. The minimum atomic E-state index is 0.972. The van der Waals surface area contributed by atoms with Crippen molar-refractivity contribution in [1.29, 1.82) is 0 Å². The Kier molecular flexibility index (Phi) is 3.52. The van der Waals surface area contributed by atoms with Crippen LogP contribution < -0.4 is 4.90 Å². The zero-order chi connectivity index (χ0) is 14.1. The van der Waals surface area contributed by atoms with Gasteiger partial charge in [0.1, 0.15) is 0 Å². The third-order valence-electron chi connectivity index (χ3n) is 4.56. The van der Waals surface area contributed by atoms with E-state index in [0.29, 0.717) is 0 Å². The van der Waals surface area contributed by atoms with Gasteiger partial charge in [0.2, 0.25) is 0 Å². The predicted octanol–water partition coefficient (Wildman–Crippen LogP) is 4.43. The van der Waals surface area contributed by atoms with Crippen LogP contribution >= 0.6 is 0 Å². The standard InChI is InChI=1S/C19H23N/c1-14-12-19(15(2)18-11-7-10-17(14)18)20(3)13-16-8-5-4-6-9-16/h4-6,8-9,12H,7,10-11,13H2,1-3H3. The van der Waals surface area contributed by atoms with Gasteiger partial charge in [-0.25, -0.2) is 0 Å². The number of hydrogen-bond acceptors (Lipinski definition) is 1. The Morgan fingerprint density at radius 1 is 1.00 bits per heavy atom. The molecule has 1 heteroatoms. The van der Waals surface area contributed by atoms with Crippen LogP contribution in [-0.2, 0) is 19.4 Å². The first kappa shape index (κ1) is 13.2. The lowest BCUT2D eigenvalue weighted by atomic mass is 9.97. The van der Waals surface area contributed by atoms with Crippen LogP contribution in [0.5, 0.6) is 0 Å². The summed E-state index contributed by atoms with van der Waals surface area (Å²) in [4.78, 5) is 2.39. The highest BCUT2D eigenvalue weighted by atomic mass is 15.1. The molecule has 0 bridgehead atoms. The van der Waals surface area contributed by atoms with Crippen molar-refractivity contribution in [2.24, 2.45) is 0 Å². The fraction of sp³-hybridized carbons (Fsp3) is 0.368. The van der Waals surface area contributed by atoms with E-state index in [0.717, 1.165) is 6.54 Å². The molecule has 0 atom stereocenters. The molecule has 0 amide bonds. The molecule has 3 rings (SSSR count). The van der Waals surface area contributed by atoms with Gasteiger partial charge in [-0.05, 0) is 67.0 Å². The van der Waals surface area contributed by atoms with Gasteiger partial charge in [-0.3, -0.25) is 0 Å². The second-order valence-electron chi connectivity index (χ2n) is 5.99. The maximum absolute atomic E-state index is 2.39. The van der Waals surface area contributed by atoms with Crippen LogP contribution in [0.4, 0.5) is 5.69 Å². The van der Waals surface area contributed by atoms with E-state index in [-0.39, 0.29) is 0 Å². The average molecular weight is 265 g/mol. The van der Waals surface area contributed by atoms with Crippen molar-refractivity contribution in [3.05, 3.63) is 64.2 Å². The van der Waals surface area contributed by atoms with Crippen LogP contribution in [0.25, 0.3) is 0 Å². The van der Waals surface area contributed by atoms with Gasteiger partial charge in [0.05, 0.1) is 0 Å². The molecule has 2 aromatic carbocycles. The van der Waals surface area contributed by atoms with Gasteiger partial charge in [-0.15, -0.1) is 0 Å². The summed E-state index contributed by atoms with van der Waals surface area (Å²) in [5.41, 5.74) is 8.94. The molecule has 0 N–H and O–H groups in total. The summed E-state index contributed by atoms with van der Waals surface area (Å²) in [5, 5.41) is 0. The first-order chi connectivity index (χ1) is 9.66. The normalized spacial score (nSPS) is 13.3. The summed E-state index contributed by atoms with van der Waals surface area (Å²) < 4.78 is 0. The number of fused-ring (bicyclic) bond motifs is 1. The molecular formula is C19H23N.